The Kier molecular flexibility index (Phi) is 3.63. The number of nitrogen functional groups attached to an aromatic ring is 1. The van der Waals surface area contributed by atoms with Crippen LogP contribution < -0.4 is 5.73 Å². The molecular weight excluding hydrogens is 315 g/mol. The van der Waals surface area contributed by atoms with Crippen LogP contribution in [-0.2, 0) is 13.0 Å². The van der Waals surface area contributed by atoms with Crippen molar-refractivity contribution in [1.82, 2.24) is 4.90 Å². The maximum atomic E-state index is 12.5. The summed E-state index contributed by atoms with van der Waals surface area (Å²) in [6, 6.07) is 5.23. The highest BCUT2D eigenvalue weighted by Crippen LogP contribution is 2.31. The third kappa shape index (κ3) is 2.39. The molecule has 0 saturated heterocycles. The largest absolute Gasteiger partial charge is 0.397 e. The molecule has 1 aliphatic heterocycles. The Morgan fingerprint density at radius 2 is 2.15 bits per heavy atom. The molecule has 3 rings (SSSR count). The second kappa shape index (κ2) is 5.28. The fourth-order valence-electron chi connectivity index (χ4n) is 2.34. The lowest BCUT2D eigenvalue weighted by molar-refractivity contribution is 0.0736. The second-order valence-electron chi connectivity index (χ2n) is 4.71. The van der Waals surface area contributed by atoms with E-state index in [9.17, 15) is 4.79 Å². The van der Waals surface area contributed by atoms with E-state index >= 15 is 0 Å². The van der Waals surface area contributed by atoms with Gasteiger partial charge in [0.25, 0.3) is 5.91 Å². The average Bonchev–Trinajstić information content (AvgIpc) is 2.90. The van der Waals surface area contributed by atoms with Crippen LogP contribution in [-0.4, -0.2) is 17.4 Å². The molecule has 0 spiro atoms. The first-order valence-electron chi connectivity index (χ1n) is 6.15. The van der Waals surface area contributed by atoms with Gasteiger partial charge in [0.15, 0.2) is 0 Å². The summed E-state index contributed by atoms with van der Waals surface area (Å²) < 4.78 is 0. The van der Waals surface area contributed by atoms with Crippen LogP contribution >= 0.6 is 34.5 Å². The fraction of sp³-hybridized carbons (Fsp3) is 0.214. The molecule has 20 heavy (non-hydrogen) atoms. The minimum Gasteiger partial charge on any atom is -0.397 e. The van der Waals surface area contributed by atoms with E-state index in [0.29, 0.717) is 34.4 Å². The number of anilines is 1. The number of carbonyl (C=O) groups excluding carboxylic acids is 1. The molecule has 0 fully saturated rings. The average molecular weight is 327 g/mol. The summed E-state index contributed by atoms with van der Waals surface area (Å²) in [5.74, 6) is -0.0629. The third-order valence-corrected chi connectivity index (χ3v) is 5.24. The van der Waals surface area contributed by atoms with Gasteiger partial charge in [-0.05, 0) is 35.6 Å². The molecule has 6 heteroatoms. The zero-order chi connectivity index (χ0) is 14.3. The van der Waals surface area contributed by atoms with Crippen LogP contribution in [0.5, 0.6) is 0 Å². The standard InChI is InChI=1S/C14H12Cl2N2OS/c15-10-5-9(6-11(17)13(10)16)14(19)18-3-1-12-8(7-18)2-4-20-12/h2,4-6H,1,3,7,17H2. The number of halogens is 2. The second-order valence-corrected chi connectivity index (χ2v) is 6.49. The van der Waals surface area contributed by atoms with Gasteiger partial charge in [-0.3, -0.25) is 4.79 Å². The van der Waals surface area contributed by atoms with Crippen molar-refractivity contribution in [1.29, 1.82) is 0 Å². The molecular formula is C14H12Cl2N2OS. The Morgan fingerprint density at radius 1 is 1.35 bits per heavy atom. The first kappa shape index (κ1) is 13.7. The highest BCUT2D eigenvalue weighted by molar-refractivity contribution is 7.10. The van der Waals surface area contributed by atoms with Gasteiger partial charge < -0.3 is 10.6 Å². The smallest absolute Gasteiger partial charge is 0.254 e. The lowest BCUT2D eigenvalue weighted by atomic mass is 10.1. The van der Waals surface area contributed by atoms with Gasteiger partial charge >= 0.3 is 0 Å². The van der Waals surface area contributed by atoms with Gasteiger partial charge in [0.05, 0.1) is 15.7 Å². The van der Waals surface area contributed by atoms with E-state index < -0.39 is 0 Å². The molecule has 2 heterocycles. The highest BCUT2D eigenvalue weighted by Gasteiger charge is 2.23. The molecule has 1 aliphatic rings. The molecule has 3 nitrogen and oxygen atoms in total. The van der Waals surface area contributed by atoms with Crippen LogP contribution in [0, 0.1) is 0 Å². The maximum Gasteiger partial charge on any atom is 0.254 e. The van der Waals surface area contributed by atoms with Crippen molar-refractivity contribution in [2.24, 2.45) is 0 Å². The Balaban J connectivity index is 1.87. The molecule has 0 atom stereocenters. The number of nitrogens with zero attached hydrogens (tertiary/aromatic N) is 1. The fourth-order valence-corrected chi connectivity index (χ4v) is 3.56. The number of thiophene rings is 1. The Labute approximate surface area is 130 Å². The zero-order valence-corrected chi connectivity index (χ0v) is 12.9. The predicted octanol–water partition coefficient (Wildman–Crippen LogP) is 3.84. The van der Waals surface area contributed by atoms with Gasteiger partial charge in [0.1, 0.15) is 0 Å². The first-order valence-corrected chi connectivity index (χ1v) is 7.79. The zero-order valence-electron chi connectivity index (χ0n) is 10.5. The summed E-state index contributed by atoms with van der Waals surface area (Å²) in [6.07, 6.45) is 0.898. The van der Waals surface area contributed by atoms with E-state index in [2.05, 4.69) is 11.4 Å². The van der Waals surface area contributed by atoms with E-state index in [-0.39, 0.29) is 5.91 Å². The summed E-state index contributed by atoms with van der Waals surface area (Å²) in [5, 5.41) is 2.67. The predicted molar refractivity (Wildman–Crippen MR) is 83.6 cm³/mol. The molecule has 0 aliphatic carbocycles. The topological polar surface area (TPSA) is 46.3 Å². The van der Waals surface area contributed by atoms with Crippen LogP contribution in [0.3, 0.4) is 0 Å². The van der Waals surface area contributed by atoms with E-state index in [4.69, 9.17) is 28.9 Å². The molecule has 0 unspecified atom stereocenters. The van der Waals surface area contributed by atoms with Crippen LogP contribution in [0.2, 0.25) is 10.0 Å². The van der Waals surface area contributed by atoms with E-state index in [1.165, 1.54) is 10.4 Å². The molecule has 2 aromatic rings. The normalized spacial score (nSPS) is 14.2. The van der Waals surface area contributed by atoms with E-state index in [0.717, 1.165) is 6.42 Å². The summed E-state index contributed by atoms with van der Waals surface area (Å²) in [7, 11) is 0. The number of nitrogens with two attached hydrogens (primary N) is 1. The van der Waals surface area contributed by atoms with Gasteiger partial charge in [-0.1, -0.05) is 23.2 Å². The molecule has 1 aromatic heterocycles. The van der Waals surface area contributed by atoms with E-state index in [1.807, 2.05) is 4.90 Å². The van der Waals surface area contributed by atoms with Crippen molar-refractivity contribution in [2.45, 2.75) is 13.0 Å². The number of hydrogen-bond acceptors (Lipinski definition) is 3. The molecule has 0 radical (unpaired) electrons. The molecule has 0 saturated carbocycles. The molecule has 0 bridgehead atoms. The first-order chi connectivity index (χ1) is 9.56. The quantitative estimate of drug-likeness (QED) is 0.809. The summed E-state index contributed by atoms with van der Waals surface area (Å²) in [4.78, 5) is 15.7. The molecule has 2 N–H and O–H groups in total. The van der Waals surface area contributed by atoms with Crippen LogP contribution in [0.1, 0.15) is 20.8 Å². The molecule has 104 valence electrons. The number of fused-ring (bicyclic) bond motifs is 1. The monoisotopic (exact) mass is 326 g/mol. The van der Waals surface area contributed by atoms with Crippen LogP contribution in [0.25, 0.3) is 0 Å². The van der Waals surface area contributed by atoms with Gasteiger partial charge in [0, 0.05) is 23.5 Å². The van der Waals surface area contributed by atoms with Gasteiger partial charge in [-0.15, -0.1) is 11.3 Å². The minimum absolute atomic E-state index is 0.0629. The van der Waals surface area contributed by atoms with Crippen molar-refractivity contribution < 1.29 is 4.79 Å². The highest BCUT2D eigenvalue weighted by atomic mass is 35.5. The number of benzene rings is 1. The van der Waals surface area contributed by atoms with Crippen LogP contribution in [0.4, 0.5) is 5.69 Å². The van der Waals surface area contributed by atoms with E-state index in [1.54, 1.807) is 23.5 Å². The lowest BCUT2D eigenvalue weighted by Gasteiger charge is -2.27. The number of amides is 1. The van der Waals surface area contributed by atoms with Crippen molar-refractivity contribution in [3.8, 4) is 0 Å². The molecule has 1 amide bonds. The van der Waals surface area contributed by atoms with Crippen molar-refractivity contribution in [3.05, 3.63) is 49.6 Å². The Morgan fingerprint density at radius 3 is 2.90 bits per heavy atom. The summed E-state index contributed by atoms with van der Waals surface area (Å²) in [6.45, 7) is 1.35. The summed E-state index contributed by atoms with van der Waals surface area (Å²) in [5.41, 5.74) is 7.80. The van der Waals surface area contributed by atoms with Crippen molar-refractivity contribution in [2.75, 3.05) is 12.3 Å². The number of carbonyl (C=O) groups is 1. The maximum absolute atomic E-state index is 12.5. The summed E-state index contributed by atoms with van der Waals surface area (Å²) >= 11 is 13.6. The number of hydrogen-bond donors (Lipinski definition) is 1. The van der Waals surface area contributed by atoms with Gasteiger partial charge in [-0.25, -0.2) is 0 Å². The van der Waals surface area contributed by atoms with Gasteiger partial charge in [0.2, 0.25) is 0 Å². The Hall–Kier alpha value is -1.23. The number of rotatable bonds is 1. The molecule has 1 aromatic carbocycles. The third-order valence-electron chi connectivity index (χ3n) is 3.40. The van der Waals surface area contributed by atoms with Gasteiger partial charge in [-0.2, -0.15) is 0 Å². The van der Waals surface area contributed by atoms with Crippen LogP contribution in [0.15, 0.2) is 23.6 Å². The Bertz CT molecular complexity index is 661. The van der Waals surface area contributed by atoms with Crippen molar-refractivity contribution >= 4 is 46.1 Å². The SMILES string of the molecule is Nc1cc(C(=O)N2CCc3sccc3C2)cc(Cl)c1Cl. The lowest BCUT2D eigenvalue weighted by Crippen LogP contribution is -2.35. The van der Waals surface area contributed by atoms with Crippen molar-refractivity contribution in [3.63, 3.8) is 0 Å². The minimum atomic E-state index is -0.0629.